The van der Waals surface area contributed by atoms with E-state index in [0.717, 1.165) is 12.0 Å². The number of carboxylic acid groups (broad SMARTS) is 1. The summed E-state index contributed by atoms with van der Waals surface area (Å²) < 4.78 is 0. The Morgan fingerprint density at radius 3 is 2.17 bits per heavy atom. The molecule has 2 rings (SSSR count). The van der Waals surface area contributed by atoms with Gasteiger partial charge in [-0.1, -0.05) is 49.4 Å². The molecule has 0 aliphatic heterocycles. The van der Waals surface area contributed by atoms with Crippen molar-refractivity contribution in [2.75, 3.05) is 5.32 Å². The van der Waals surface area contributed by atoms with Crippen molar-refractivity contribution in [3.8, 4) is 0 Å². The lowest BCUT2D eigenvalue weighted by molar-refractivity contribution is -0.138. The molecule has 0 aromatic heterocycles. The van der Waals surface area contributed by atoms with E-state index < -0.39 is 11.9 Å². The van der Waals surface area contributed by atoms with E-state index in [1.54, 1.807) is 31.2 Å². The fraction of sp³-hybridized carbons (Fsp3) is 0.300. The molecule has 4 nitrogen and oxygen atoms in total. The number of carbonyl (C=O) groups is 2. The van der Waals surface area contributed by atoms with Crippen LogP contribution in [0.1, 0.15) is 49.7 Å². The van der Waals surface area contributed by atoms with Crippen LogP contribution in [0.2, 0.25) is 0 Å². The molecule has 2 unspecified atom stereocenters. The van der Waals surface area contributed by atoms with Gasteiger partial charge < -0.3 is 10.4 Å². The van der Waals surface area contributed by atoms with E-state index in [-0.39, 0.29) is 5.91 Å². The topological polar surface area (TPSA) is 66.4 Å². The Hall–Kier alpha value is -2.62. The lowest BCUT2D eigenvalue weighted by Gasteiger charge is -2.12. The number of benzene rings is 2. The van der Waals surface area contributed by atoms with Crippen molar-refractivity contribution < 1.29 is 14.7 Å². The molecule has 126 valence electrons. The molecule has 0 spiro atoms. The summed E-state index contributed by atoms with van der Waals surface area (Å²) in [5.74, 6) is -1.12. The van der Waals surface area contributed by atoms with Crippen LogP contribution in [0.4, 0.5) is 5.69 Å². The van der Waals surface area contributed by atoms with E-state index >= 15 is 0 Å². The summed E-state index contributed by atoms with van der Waals surface area (Å²) in [7, 11) is 0. The lowest BCUT2D eigenvalue weighted by Crippen LogP contribution is -2.13. The van der Waals surface area contributed by atoms with Crippen LogP contribution in [0.15, 0.2) is 54.6 Å². The Kier molecular flexibility index (Phi) is 6.13. The maximum Gasteiger partial charge on any atom is 0.310 e. The van der Waals surface area contributed by atoms with Crippen molar-refractivity contribution in [2.45, 2.75) is 38.5 Å². The minimum absolute atomic E-state index is 0.0307. The van der Waals surface area contributed by atoms with Crippen molar-refractivity contribution >= 4 is 17.6 Å². The summed E-state index contributed by atoms with van der Waals surface area (Å²) in [6.45, 7) is 3.76. The van der Waals surface area contributed by atoms with Gasteiger partial charge >= 0.3 is 5.97 Å². The fourth-order valence-corrected chi connectivity index (χ4v) is 2.52. The van der Waals surface area contributed by atoms with Crippen molar-refractivity contribution in [2.24, 2.45) is 0 Å². The van der Waals surface area contributed by atoms with Gasteiger partial charge in [-0.3, -0.25) is 9.59 Å². The first kappa shape index (κ1) is 17.7. The van der Waals surface area contributed by atoms with Crippen LogP contribution < -0.4 is 5.32 Å². The largest absolute Gasteiger partial charge is 0.481 e. The second-order valence-corrected chi connectivity index (χ2v) is 6.08. The minimum Gasteiger partial charge on any atom is -0.481 e. The third-order valence-electron chi connectivity index (χ3n) is 4.24. The summed E-state index contributed by atoms with van der Waals surface area (Å²) in [5.41, 5.74) is 2.64. The highest BCUT2D eigenvalue weighted by Gasteiger charge is 2.13. The maximum atomic E-state index is 12.1. The van der Waals surface area contributed by atoms with E-state index in [4.69, 9.17) is 5.11 Å². The average molecular weight is 325 g/mol. The number of anilines is 1. The predicted molar refractivity (Wildman–Crippen MR) is 95.2 cm³/mol. The maximum absolute atomic E-state index is 12.1. The molecule has 0 aliphatic rings. The van der Waals surface area contributed by atoms with Crippen molar-refractivity contribution in [3.63, 3.8) is 0 Å². The summed E-state index contributed by atoms with van der Waals surface area (Å²) in [5, 5.41) is 11.9. The number of amides is 1. The van der Waals surface area contributed by atoms with Gasteiger partial charge in [0.15, 0.2) is 0 Å². The molecule has 1 amide bonds. The van der Waals surface area contributed by atoms with Crippen LogP contribution in [-0.2, 0) is 9.59 Å². The van der Waals surface area contributed by atoms with E-state index in [1.165, 1.54) is 5.56 Å². The Morgan fingerprint density at radius 1 is 0.958 bits per heavy atom. The predicted octanol–water partition coefficient (Wildman–Crippen LogP) is 4.40. The highest BCUT2D eigenvalue weighted by atomic mass is 16.4. The SMILES string of the molecule is CC(CCC(=O)Nc1ccc(C(C)C(=O)O)cc1)c1ccccc1. The first-order valence-electron chi connectivity index (χ1n) is 8.15. The van der Waals surface area contributed by atoms with Crippen LogP contribution >= 0.6 is 0 Å². The van der Waals surface area contributed by atoms with Crippen LogP contribution in [0.25, 0.3) is 0 Å². The van der Waals surface area contributed by atoms with Crippen molar-refractivity contribution in [1.29, 1.82) is 0 Å². The number of hydrogen-bond donors (Lipinski definition) is 2. The molecule has 4 heteroatoms. The van der Waals surface area contributed by atoms with Gasteiger partial charge in [-0.25, -0.2) is 0 Å². The quantitative estimate of drug-likeness (QED) is 0.793. The molecule has 2 atom stereocenters. The molecule has 0 fully saturated rings. The normalized spacial score (nSPS) is 13.1. The molecule has 24 heavy (non-hydrogen) atoms. The van der Waals surface area contributed by atoms with Gasteiger partial charge in [0.1, 0.15) is 0 Å². The first-order valence-corrected chi connectivity index (χ1v) is 8.15. The van der Waals surface area contributed by atoms with E-state index in [2.05, 4.69) is 24.4 Å². The van der Waals surface area contributed by atoms with Crippen LogP contribution in [0, 0.1) is 0 Å². The smallest absolute Gasteiger partial charge is 0.310 e. The zero-order chi connectivity index (χ0) is 17.5. The fourth-order valence-electron chi connectivity index (χ4n) is 2.52. The van der Waals surface area contributed by atoms with Gasteiger partial charge in [0.25, 0.3) is 0 Å². The monoisotopic (exact) mass is 325 g/mol. The van der Waals surface area contributed by atoms with Crippen molar-refractivity contribution in [3.05, 3.63) is 65.7 Å². The minimum atomic E-state index is -0.860. The number of carboxylic acids is 1. The number of rotatable bonds is 7. The molecule has 0 bridgehead atoms. The van der Waals surface area contributed by atoms with E-state index in [1.807, 2.05) is 18.2 Å². The molecule has 2 N–H and O–H groups in total. The Bertz CT molecular complexity index is 680. The van der Waals surface area contributed by atoms with Gasteiger partial charge in [-0.2, -0.15) is 0 Å². The zero-order valence-electron chi connectivity index (χ0n) is 14.0. The molecule has 0 saturated carbocycles. The number of hydrogen-bond acceptors (Lipinski definition) is 2. The second-order valence-electron chi connectivity index (χ2n) is 6.08. The number of carbonyl (C=O) groups excluding carboxylic acids is 1. The zero-order valence-corrected chi connectivity index (χ0v) is 14.0. The van der Waals surface area contributed by atoms with E-state index in [0.29, 0.717) is 18.0 Å². The van der Waals surface area contributed by atoms with Crippen LogP contribution in [0.5, 0.6) is 0 Å². The highest BCUT2D eigenvalue weighted by Crippen LogP contribution is 2.21. The summed E-state index contributed by atoms with van der Waals surface area (Å²) in [6, 6.07) is 17.1. The number of aliphatic carboxylic acids is 1. The summed E-state index contributed by atoms with van der Waals surface area (Å²) in [4.78, 5) is 23.0. The van der Waals surface area contributed by atoms with Crippen molar-refractivity contribution in [1.82, 2.24) is 0 Å². The molecule has 0 aliphatic carbocycles. The molecular weight excluding hydrogens is 302 g/mol. The Balaban J connectivity index is 1.85. The van der Waals surface area contributed by atoms with Gasteiger partial charge in [0.05, 0.1) is 5.92 Å². The Labute approximate surface area is 142 Å². The third kappa shape index (κ3) is 4.95. The lowest BCUT2D eigenvalue weighted by atomic mass is 9.96. The van der Waals surface area contributed by atoms with Crippen LogP contribution in [0.3, 0.4) is 0 Å². The summed E-state index contributed by atoms with van der Waals surface area (Å²) >= 11 is 0. The van der Waals surface area contributed by atoms with Gasteiger partial charge in [0.2, 0.25) is 5.91 Å². The number of nitrogens with one attached hydrogen (secondary N) is 1. The van der Waals surface area contributed by atoms with Gasteiger partial charge in [0, 0.05) is 12.1 Å². The second kappa shape index (κ2) is 8.29. The molecule has 0 saturated heterocycles. The standard InChI is InChI=1S/C20H23NO3/c1-14(16-6-4-3-5-7-16)8-13-19(22)21-18-11-9-17(10-12-18)15(2)20(23)24/h3-7,9-12,14-15H,8,13H2,1-2H3,(H,21,22)(H,23,24). The highest BCUT2D eigenvalue weighted by molar-refractivity contribution is 5.90. The van der Waals surface area contributed by atoms with Crippen LogP contribution in [-0.4, -0.2) is 17.0 Å². The average Bonchev–Trinajstić information content (AvgIpc) is 2.60. The molecule has 2 aromatic carbocycles. The third-order valence-corrected chi connectivity index (χ3v) is 4.24. The van der Waals surface area contributed by atoms with Gasteiger partial charge in [-0.15, -0.1) is 0 Å². The Morgan fingerprint density at radius 2 is 1.58 bits per heavy atom. The molecule has 2 aromatic rings. The van der Waals surface area contributed by atoms with Gasteiger partial charge in [-0.05, 0) is 42.5 Å². The molecular formula is C20H23NO3. The first-order chi connectivity index (χ1) is 11.5. The summed E-state index contributed by atoms with van der Waals surface area (Å²) in [6.07, 6.45) is 1.23. The van der Waals surface area contributed by atoms with E-state index in [9.17, 15) is 9.59 Å². The molecule has 0 heterocycles. The molecule has 0 radical (unpaired) electrons.